The molecule has 0 saturated heterocycles. The summed E-state index contributed by atoms with van der Waals surface area (Å²) < 4.78 is 0. The number of benzene rings is 4. The molecule has 1 atom stereocenters. The Labute approximate surface area is 205 Å². The molecule has 0 heterocycles. The van der Waals surface area contributed by atoms with Crippen LogP contribution in [-0.4, -0.2) is 25.5 Å². The van der Waals surface area contributed by atoms with Crippen LogP contribution in [0.4, 0.5) is 0 Å². The van der Waals surface area contributed by atoms with E-state index >= 15 is 0 Å². The lowest BCUT2D eigenvalue weighted by molar-refractivity contribution is 0.402. The molecule has 5 heteroatoms. The van der Waals surface area contributed by atoms with E-state index in [1.807, 2.05) is 64.1 Å². The van der Waals surface area contributed by atoms with E-state index in [2.05, 4.69) is 0 Å². The van der Waals surface area contributed by atoms with Crippen molar-refractivity contribution >= 4 is 0 Å². The van der Waals surface area contributed by atoms with Gasteiger partial charge in [-0.25, -0.2) is 0 Å². The molecular formula is C30H30O5. The summed E-state index contributed by atoms with van der Waals surface area (Å²) in [5.74, 6) is -0.547. The van der Waals surface area contributed by atoms with Crippen molar-refractivity contribution < 1.29 is 25.5 Å². The molecule has 0 aliphatic rings. The van der Waals surface area contributed by atoms with Gasteiger partial charge < -0.3 is 25.5 Å². The fourth-order valence-corrected chi connectivity index (χ4v) is 4.55. The van der Waals surface area contributed by atoms with Crippen LogP contribution in [0.2, 0.25) is 0 Å². The highest BCUT2D eigenvalue weighted by Crippen LogP contribution is 2.44. The monoisotopic (exact) mass is 470 g/mol. The van der Waals surface area contributed by atoms with Gasteiger partial charge in [0.1, 0.15) is 5.75 Å². The Hall–Kier alpha value is -4.12. The number of rotatable bonds is 5. The summed E-state index contributed by atoms with van der Waals surface area (Å²) in [5, 5.41) is 50.2. The number of phenolic OH excluding ortho intramolecular Hbond substituents is 5. The van der Waals surface area contributed by atoms with Crippen LogP contribution in [0.5, 0.6) is 28.7 Å². The van der Waals surface area contributed by atoms with Gasteiger partial charge in [-0.3, -0.25) is 0 Å². The Morgan fingerprint density at radius 3 is 1.34 bits per heavy atom. The van der Waals surface area contributed by atoms with Gasteiger partial charge in [-0.05, 0) is 77.6 Å². The molecular weight excluding hydrogens is 440 g/mol. The molecule has 0 spiro atoms. The highest BCUT2D eigenvalue weighted by Gasteiger charge is 2.33. The Kier molecular flexibility index (Phi) is 5.89. The van der Waals surface area contributed by atoms with E-state index in [1.165, 1.54) is 12.1 Å². The van der Waals surface area contributed by atoms with E-state index in [0.29, 0.717) is 0 Å². The van der Waals surface area contributed by atoms with Crippen LogP contribution in [0.25, 0.3) is 0 Å². The lowest BCUT2D eigenvalue weighted by Gasteiger charge is -2.33. The van der Waals surface area contributed by atoms with E-state index in [-0.39, 0.29) is 28.7 Å². The molecule has 5 N–H and O–H groups in total. The van der Waals surface area contributed by atoms with E-state index in [0.717, 1.165) is 33.4 Å². The van der Waals surface area contributed by atoms with Crippen molar-refractivity contribution in [1.29, 1.82) is 0 Å². The molecule has 0 aliphatic carbocycles. The van der Waals surface area contributed by atoms with Crippen LogP contribution in [0.1, 0.15) is 54.2 Å². The van der Waals surface area contributed by atoms with Crippen molar-refractivity contribution in [2.45, 2.75) is 38.5 Å². The molecule has 0 aromatic heterocycles. The van der Waals surface area contributed by atoms with E-state index in [1.54, 1.807) is 30.3 Å². The van der Waals surface area contributed by atoms with Crippen molar-refractivity contribution in [3.63, 3.8) is 0 Å². The van der Waals surface area contributed by atoms with Crippen LogP contribution < -0.4 is 0 Å². The molecule has 4 aromatic rings. The zero-order valence-corrected chi connectivity index (χ0v) is 20.2. The second kappa shape index (κ2) is 8.58. The minimum atomic E-state index is -0.740. The highest BCUT2D eigenvalue weighted by molar-refractivity contribution is 5.56. The zero-order valence-electron chi connectivity index (χ0n) is 20.2. The quantitative estimate of drug-likeness (QED) is 0.176. The van der Waals surface area contributed by atoms with Crippen molar-refractivity contribution in [3.8, 4) is 28.7 Å². The van der Waals surface area contributed by atoms with Crippen molar-refractivity contribution in [2.24, 2.45) is 0 Å². The van der Waals surface area contributed by atoms with Crippen molar-refractivity contribution in [1.82, 2.24) is 0 Å². The third-order valence-electron chi connectivity index (χ3n) is 7.22. The summed E-state index contributed by atoms with van der Waals surface area (Å²) >= 11 is 0. The first kappa shape index (κ1) is 24.0. The van der Waals surface area contributed by atoms with Crippen LogP contribution in [0.3, 0.4) is 0 Å². The zero-order chi connectivity index (χ0) is 25.5. The maximum absolute atomic E-state index is 10.4. The first-order valence-electron chi connectivity index (χ1n) is 11.4. The Morgan fingerprint density at radius 1 is 0.429 bits per heavy atom. The van der Waals surface area contributed by atoms with Crippen LogP contribution in [0.15, 0.2) is 78.9 Å². The number of hydrogen-bond donors (Lipinski definition) is 5. The van der Waals surface area contributed by atoms with Gasteiger partial charge in [0, 0.05) is 10.8 Å². The summed E-state index contributed by atoms with van der Waals surface area (Å²) in [4.78, 5) is 0. The average Bonchev–Trinajstić information content (AvgIpc) is 2.83. The molecule has 35 heavy (non-hydrogen) atoms. The molecule has 1 unspecified atom stereocenters. The molecule has 0 aliphatic heterocycles. The fourth-order valence-electron chi connectivity index (χ4n) is 4.55. The maximum Gasteiger partial charge on any atom is 0.157 e. The molecule has 180 valence electrons. The third-order valence-corrected chi connectivity index (χ3v) is 7.22. The minimum Gasteiger partial charge on any atom is -0.508 e. The predicted molar refractivity (Wildman–Crippen MR) is 137 cm³/mol. The predicted octanol–water partition coefficient (Wildman–Crippen LogP) is 6.20. The molecule has 4 rings (SSSR count). The number of hydrogen-bond acceptors (Lipinski definition) is 5. The van der Waals surface area contributed by atoms with Gasteiger partial charge in [-0.1, -0.05) is 62.4 Å². The minimum absolute atomic E-state index is 0.158. The Balaban J connectivity index is 1.84. The Morgan fingerprint density at radius 2 is 0.829 bits per heavy atom. The first-order chi connectivity index (χ1) is 16.4. The number of phenols is 5. The van der Waals surface area contributed by atoms with Crippen molar-refractivity contribution in [3.05, 3.63) is 112 Å². The average molecular weight is 471 g/mol. The molecule has 0 radical (unpaired) electrons. The fraction of sp³-hybridized carbons (Fsp3) is 0.200. The third kappa shape index (κ3) is 4.14. The summed E-state index contributed by atoms with van der Waals surface area (Å²) in [6.45, 7) is 7.94. The van der Waals surface area contributed by atoms with Crippen LogP contribution in [-0.2, 0) is 10.8 Å². The highest BCUT2D eigenvalue weighted by atomic mass is 16.3. The molecule has 4 aromatic carbocycles. The van der Waals surface area contributed by atoms with Crippen LogP contribution >= 0.6 is 0 Å². The lowest BCUT2D eigenvalue weighted by atomic mass is 9.69. The van der Waals surface area contributed by atoms with E-state index in [9.17, 15) is 25.5 Å². The standard InChI is InChI=1S/C30H30O5/c1-18-5-6-22(16-26(18)33)30(4,23-12-14-25(32)28(35)17-23)20-9-7-19(8-10-20)29(2,3)21-11-13-24(31)27(34)15-21/h5-17,31-35H,1-4H3. The normalized spacial score (nSPS) is 13.4. The van der Waals surface area contributed by atoms with Gasteiger partial charge in [0.25, 0.3) is 0 Å². The SMILES string of the molecule is Cc1ccc(C(C)(c2ccc(C(C)(C)c3ccc(O)c(O)c3)cc2)c2ccc(O)c(O)c2)cc1O. The molecule has 5 nitrogen and oxygen atoms in total. The topological polar surface area (TPSA) is 101 Å². The number of aryl methyl sites for hydroxylation is 1. The molecule has 0 amide bonds. The van der Waals surface area contributed by atoms with E-state index < -0.39 is 10.8 Å². The van der Waals surface area contributed by atoms with Gasteiger partial charge in [0.2, 0.25) is 0 Å². The summed E-state index contributed by atoms with van der Waals surface area (Å²) in [6, 6.07) is 23.2. The smallest absolute Gasteiger partial charge is 0.157 e. The summed E-state index contributed by atoms with van der Waals surface area (Å²) in [7, 11) is 0. The van der Waals surface area contributed by atoms with Gasteiger partial charge >= 0.3 is 0 Å². The molecule has 0 saturated carbocycles. The van der Waals surface area contributed by atoms with E-state index in [4.69, 9.17) is 0 Å². The largest absolute Gasteiger partial charge is 0.508 e. The molecule has 0 bridgehead atoms. The van der Waals surface area contributed by atoms with Crippen molar-refractivity contribution in [2.75, 3.05) is 0 Å². The first-order valence-corrected chi connectivity index (χ1v) is 11.4. The van der Waals surface area contributed by atoms with Gasteiger partial charge in [0.15, 0.2) is 23.0 Å². The maximum atomic E-state index is 10.4. The van der Waals surface area contributed by atoms with Gasteiger partial charge in [-0.15, -0.1) is 0 Å². The van der Waals surface area contributed by atoms with Crippen LogP contribution in [0, 0.1) is 6.92 Å². The molecule has 0 fully saturated rings. The second-order valence-corrected chi connectivity index (χ2v) is 9.74. The summed E-state index contributed by atoms with van der Waals surface area (Å²) in [6.07, 6.45) is 0. The number of aromatic hydroxyl groups is 5. The Bertz CT molecular complexity index is 1340. The second-order valence-electron chi connectivity index (χ2n) is 9.74. The summed E-state index contributed by atoms with van der Waals surface area (Å²) in [5.41, 5.74) is 3.96. The van der Waals surface area contributed by atoms with Gasteiger partial charge in [0.05, 0.1) is 0 Å². The lowest BCUT2D eigenvalue weighted by Crippen LogP contribution is -2.26. The van der Waals surface area contributed by atoms with Gasteiger partial charge in [-0.2, -0.15) is 0 Å².